The van der Waals surface area contributed by atoms with E-state index < -0.39 is 11.6 Å². The van der Waals surface area contributed by atoms with E-state index in [-0.39, 0.29) is 17.6 Å². The van der Waals surface area contributed by atoms with Crippen molar-refractivity contribution in [3.63, 3.8) is 0 Å². The van der Waals surface area contributed by atoms with Crippen molar-refractivity contribution in [3.8, 4) is 0 Å². The maximum atomic E-state index is 12.8. The molecule has 0 saturated carbocycles. The standard InChI is InChI=1S/C9H5F2N3O2/c10-6-2-1-5(3-7(6)11)12-9-14-13-8(4-15)16-9/h1-4H,(H,12,14). The molecule has 5 nitrogen and oxygen atoms in total. The Morgan fingerprint density at radius 1 is 1.25 bits per heavy atom. The van der Waals surface area contributed by atoms with Gasteiger partial charge in [0, 0.05) is 11.8 Å². The summed E-state index contributed by atoms with van der Waals surface area (Å²) in [6.07, 6.45) is 0.378. The fourth-order valence-electron chi connectivity index (χ4n) is 1.03. The van der Waals surface area contributed by atoms with Crippen molar-refractivity contribution >= 4 is 18.0 Å². The van der Waals surface area contributed by atoms with E-state index in [1.165, 1.54) is 6.07 Å². The Morgan fingerprint density at radius 2 is 2.06 bits per heavy atom. The van der Waals surface area contributed by atoms with Gasteiger partial charge in [0.2, 0.25) is 6.29 Å². The molecule has 2 rings (SSSR count). The zero-order valence-corrected chi connectivity index (χ0v) is 7.78. The smallest absolute Gasteiger partial charge is 0.320 e. The Labute approximate surface area is 88.1 Å². The number of carbonyl (C=O) groups is 1. The van der Waals surface area contributed by atoms with Crippen LogP contribution in [0.2, 0.25) is 0 Å². The van der Waals surface area contributed by atoms with Gasteiger partial charge in [-0.25, -0.2) is 8.78 Å². The van der Waals surface area contributed by atoms with Crippen LogP contribution in [-0.2, 0) is 0 Å². The fraction of sp³-hybridized carbons (Fsp3) is 0. The van der Waals surface area contributed by atoms with Gasteiger partial charge < -0.3 is 9.73 Å². The van der Waals surface area contributed by atoms with Gasteiger partial charge >= 0.3 is 6.01 Å². The van der Waals surface area contributed by atoms with Crippen LogP contribution in [0.25, 0.3) is 0 Å². The minimum absolute atomic E-state index is 0.0758. The number of nitrogens with zero attached hydrogens (tertiary/aromatic N) is 2. The quantitative estimate of drug-likeness (QED) is 0.808. The molecule has 0 atom stereocenters. The van der Waals surface area contributed by atoms with E-state index in [2.05, 4.69) is 15.5 Å². The second-order valence-electron chi connectivity index (χ2n) is 2.82. The SMILES string of the molecule is O=Cc1nnc(Nc2ccc(F)c(F)c2)o1. The average Bonchev–Trinajstić information content (AvgIpc) is 2.71. The topological polar surface area (TPSA) is 68.0 Å². The maximum absolute atomic E-state index is 12.8. The summed E-state index contributed by atoms with van der Waals surface area (Å²) < 4.78 is 30.2. The molecule has 0 aliphatic rings. The fourth-order valence-corrected chi connectivity index (χ4v) is 1.03. The summed E-state index contributed by atoms with van der Waals surface area (Å²) >= 11 is 0. The zero-order valence-electron chi connectivity index (χ0n) is 7.78. The summed E-state index contributed by atoms with van der Waals surface area (Å²) in [6, 6.07) is 3.10. The second-order valence-corrected chi connectivity index (χ2v) is 2.82. The summed E-state index contributed by atoms with van der Waals surface area (Å²) in [4.78, 5) is 10.2. The van der Waals surface area contributed by atoms with E-state index >= 15 is 0 Å². The van der Waals surface area contributed by atoms with Gasteiger partial charge in [-0.15, -0.1) is 5.10 Å². The third-order valence-electron chi connectivity index (χ3n) is 1.71. The number of hydrogen-bond donors (Lipinski definition) is 1. The average molecular weight is 225 g/mol. The predicted molar refractivity (Wildman–Crippen MR) is 49.3 cm³/mol. The molecule has 2 aromatic rings. The Morgan fingerprint density at radius 3 is 2.69 bits per heavy atom. The molecule has 0 bridgehead atoms. The van der Waals surface area contributed by atoms with Gasteiger partial charge in [0.05, 0.1) is 0 Å². The van der Waals surface area contributed by atoms with Crippen molar-refractivity contribution in [3.05, 3.63) is 35.7 Å². The number of benzene rings is 1. The number of hydrogen-bond acceptors (Lipinski definition) is 5. The number of aldehydes is 1. The molecule has 0 aliphatic carbocycles. The van der Waals surface area contributed by atoms with Crippen molar-refractivity contribution in [2.75, 3.05) is 5.32 Å². The van der Waals surface area contributed by atoms with Gasteiger partial charge in [-0.2, -0.15) is 0 Å². The Kier molecular flexibility index (Phi) is 2.59. The minimum atomic E-state index is -1.000. The molecular weight excluding hydrogens is 220 g/mol. The summed E-state index contributed by atoms with van der Waals surface area (Å²) in [5.41, 5.74) is 0.236. The van der Waals surface area contributed by atoms with Crippen LogP contribution in [0, 0.1) is 11.6 Å². The van der Waals surface area contributed by atoms with Crippen LogP contribution in [0.15, 0.2) is 22.6 Å². The van der Waals surface area contributed by atoms with E-state index in [1.54, 1.807) is 0 Å². The van der Waals surface area contributed by atoms with E-state index in [9.17, 15) is 13.6 Å². The summed E-state index contributed by atoms with van der Waals surface area (Å²) in [6.45, 7) is 0. The van der Waals surface area contributed by atoms with Crippen molar-refractivity contribution in [1.29, 1.82) is 0 Å². The van der Waals surface area contributed by atoms with Crippen LogP contribution in [0.1, 0.15) is 10.7 Å². The van der Waals surface area contributed by atoms with Gasteiger partial charge in [0.25, 0.3) is 5.89 Å². The maximum Gasteiger partial charge on any atom is 0.320 e. The van der Waals surface area contributed by atoms with Crippen LogP contribution >= 0.6 is 0 Å². The third kappa shape index (κ3) is 2.02. The number of nitrogens with one attached hydrogen (secondary N) is 1. The number of aromatic nitrogens is 2. The van der Waals surface area contributed by atoms with Crippen molar-refractivity contribution in [1.82, 2.24) is 10.2 Å². The molecule has 0 unspecified atom stereocenters. The first-order valence-corrected chi connectivity index (χ1v) is 4.20. The lowest BCUT2D eigenvalue weighted by Gasteiger charge is -2.00. The molecule has 0 aliphatic heterocycles. The van der Waals surface area contributed by atoms with Gasteiger partial charge in [-0.1, -0.05) is 5.10 Å². The lowest BCUT2D eigenvalue weighted by molar-refractivity contribution is 0.109. The molecule has 1 aromatic carbocycles. The second kappa shape index (κ2) is 4.05. The van der Waals surface area contributed by atoms with Crippen molar-refractivity contribution in [2.24, 2.45) is 0 Å². The van der Waals surface area contributed by atoms with Crippen LogP contribution in [-0.4, -0.2) is 16.5 Å². The van der Waals surface area contributed by atoms with E-state index in [4.69, 9.17) is 4.42 Å². The number of rotatable bonds is 3. The molecule has 0 amide bonds. The number of anilines is 2. The first-order chi connectivity index (χ1) is 7.69. The molecule has 82 valence electrons. The highest BCUT2D eigenvalue weighted by Gasteiger charge is 2.07. The monoisotopic (exact) mass is 225 g/mol. The lowest BCUT2D eigenvalue weighted by atomic mass is 10.3. The Balaban J connectivity index is 2.20. The molecule has 1 heterocycles. The molecule has 1 N–H and O–H groups in total. The van der Waals surface area contributed by atoms with E-state index in [1.807, 2.05) is 0 Å². The normalized spacial score (nSPS) is 10.1. The molecule has 0 spiro atoms. The molecule has 0 saturated heterocycles. The highest BCUT2D eigenvalue weighted by atomic mass is 19.2. The molecular formula is C9H5F2N3O2. The largest absolute Gasteiger partial charge is 0.400 e. The van der Waals surface area contributed by atoms with Crippen LogP contribution in [0.5, 0.6) is 0 Å². The zero-order chi connectivity index (χ0) is 11.5. The van der Waals surface area contributed by atoms with Crippen LogP contribution < -0.4 is 5.32 Å². The third-order valence-corrected chi connectivity index (χ3v) is 1.71. The summed E-state index contributed by atoms with van der Waals surface area (Å²) in [5, 5.41) is 9.34. The van der Waals surface area contributed by atoms with E-state index in [0.717, 1.165) is 12.1 Å². The van der Waals surface area contributed by atoms with Gasteiger partial charge in [-0.3, -0.25) is 4.79 Å². The molecule has 16 heavy (non-hydrogen) atoms. The number of halogens is 2. The Bertz CT molecular complexity index is 527. The van der Waals surface area contributed by atoms with Crippen LogP contribution in [0.3, 0.4) is 0 Å². The highest BCUT2D eigenvalue weighted by molar-refractivity contribution is 5.67. The van der Waals surface area contributed by atoms with E-state index in [0.29, 0.717) is 6.29 Å². The molecule has 0 radical (unpaired) electrons. The predicted octanol–water partition coefficient (Wildman–Crippen LogP) is 1.90. The van der Waals surface area contributed by atoms with Crippen molar-refractivity contribution in [2.45, 2.75) is 0 Å². The van der Waals surface area contributed by atoms with Gasteiger partial charge in [0.15, 0.2) is 11.6 Å². The highest BCUT2D eigenvalue weighted by Crippen LogP contribution is 2.17. The lowest BCUT2D eigenvalue weighted by Crippen LogP contribution is -1.92. The Hall–Kier alpha value is -2.31. The van der Waals surface area contributed by atoms with Gasteiger partial charge in [0.1, 0.15) is 0 Å². The van der Waals surface area contributed by atoms with Crippen LogP contribution in [0.4, 0.5) is 20.5 Å². The number of carbonyl (C=O) groups excluding carboxylic acids is 1. The van der Waals surface area contributed by atoms with Gasteiger partial charge in [-0.05, 0) is 12.1 Å². The summed E-state index contributed by atoms with van der Waals surface area (Å²) in [5.74, 6) is -2.16. The molecule has 1 aromatic heterocycles. The first kappa shape index (κ1) is 10.2. The molecule has 7 heteroatoms. The van der Waals surface area contributed by atoms with Crippen molar-refractivity contribution < 1.29 is 18.0 Å². The summed E-state index contributed by atoms with van der Waals surface area (Å²) in [7, 11) is 0. The molecule has 0 fully saturated rings. The first-order valence-electron chi connectivity index (χ1n) is 4.20. The minimum Gasteiger partial charge on any atom is -0.400 e.